The fraction of sp³-hybridized carbons (Fsp3) is 0.100. The van der Waals surface area contributed by atoms with E-state index < -0.39 is 0 Å². The maximum Gasteiger partial charge on any atom is 0.0565 e. The third kappa shape index (κ3) is 1.95. The van der Waals surface area contributed by atoms with Crippen molar-refractivity contribution in [3.05, 3.63) is 48.8 Å². The fourth-order valence-corrected chi connectivity index (χ4v) is 0.844. The molecule has 62 valence electrons. The standard InChI is InChI=1S/C10H12N2/c1-4-8(2)5-9(3)10-6-11-12-7-10/h4-7H,1,3H2,2H3,(H,11,12)/b8-5-. The minimum Gasteiger partial charge on any atom is -0.285 e. The van der Waals surface area contributed by atoms with E-state index >= 15 is 0 Å². The van der Waals surface area contributed by atoms with Crippen LogP contribution in [0.1, 0.15) is 12.5 Å². The topological polar surface area (TPSA) is 28.7 Å². The number of aromatic nitrogens is 2. The summed E-state index contributed by atoms with van der Waals surface area (Å²) in [5.74, 6) is 0. The molecule has 0 saturated heterocycles. The van der Waals surface area contributed by atoms with Gasteiger partial charge in [0, 0.05) is 11.8 Å². The lowest BCUT2D eigenvalue weighted by molar-refractivity contribution is 1.09. The monoisotopic (exact) mass is 160 g/mol. The Hall–Kier alpha value is -1.57. The van der Waals surface area contributed by atoms with Crippen molar-refractivity contribution in [1.29, 1.82) is 0 Å². The number of hydrogen-bond donors (Lipinski definition) is 1. The van der Waals surface area contributed by atoms with Gasteiger partial charge in [0.05, 0.1) is 6.20 Å². The van der Waals surface area contributed by atoms with Gasteiger partial charge >= 0.3 is 0 Å². The highest BCUT2D eigenvalue weighted by Crippen LogP contribution is 2.13. The van der Waals surface area contributed by atoms with Crippen molar-refractivity contribution in [1.82, 2.24) is 10.2 Å². The smallest absolute Gasteiger partial charge is 0.0565 e. The molecule has 12 heavy (non-hydrogen) atoms. The van der Waals surface area contributed by atoms with E-state index in [-0.39, 0.29) is 0 Å². The largest absolute Gasteiger partial charge is 0.285 e. The molecular formula is C10H12N2. The second-order valence-electron chi connectivity index (χ2n) is 2.60. The van der Waals surface area contributed by atoms with Crippen LogP contribution in [0.15, 0.2) is 43.3 Å². The average Bonchev–Trinajstić information content (AvgIpc) is 2.56. The van der Waals surface area contributed by atoms with E-state index in [0.29, 0.717) is 0 Å². The highest BCUT2D eigenvalue weighted by Gasteiger charge is 1.95. The van der Waals surface area contributed by atoms with Crippen molar-refractivity contribution in [3.8, 4) is 0 Å². The van der Waals surface area contributed by atoms with Crippen LogP contribution in [0, 0.1) is 0 Å². The number of aromatic amines is 1. The van der Waals surface area contributed by atoms with E-state index in [1.165, 1.54) is 0 Å². The Morgan fingerprint density at radius 2 is 2.42 bits per heavy atom. The lowest BCUT2D eigenvalue weighted by atomic mass is 10.1. The second kappa shape index (κ2) is 3.72. The van der Waals surface area contributed by atoms with Crippen LogP contribution >= 0.6 is 0 Å². The zero-order chi connectivity index (χ0) is 8.97. The Balaban J connectivity index is 2.80. The molecule has 0 radical (unpaired) electrons. The zero-order valence-corrected chi connectivity index (χ0v) is 7.17. The third-order valence-electron chi connectivity index (χ3n) is 1.59. The third-order valence-corrected chi connectivity index (χ3v) is 1.59. The molecule has 0 aliphatic heterocycles. The molecule has 0 aromatic carbocycles. The van der Waals surface area contributed by atoms with Crippen LogP contribution in [-0.4, -0.2) is 10.2 Å². The minimum absolute atomic E-state index is 0.946. The van der Waals surface area contributed by atoms with Gasteiger partial charge in [-0.15, -0.1) is 0 Å². The number of rotatable bonds is 3. The number of hydrogen-bond acceptors (Lipinski definition) is 1. The summed E-state index contributed by atoms with van der Waals surface area (Å²) in [5, 5.41) is 6.57. The van der Waals surface area contributed by atoms with Crippen LogP contribution in [0.25, 0.3) is 5.57 Å². The number of allylic oxidation sites excluding steroid dienone is 4. The van der Waals surface area contributed by atoms with Gasteiger partial charge in [0.25, 0.3) is 0 Å². The molecule has 0 aliphatic carbocycles. The SMILES string of the molecule is C=C/C(C)=C\C(=C)c1cn[nH]c1. The van der Waals surface area contributed by atoms with Crippen LogP contribution < -0.4 is 0 Å². The Kier molecular flexibility index (Phi) is 2.64. The molecule has 1 rings (SSSR count). The minimum atomic E-state index is 0.946. The van der Waals surface area contributed by atoms with Gasteiger partial charge in [0.15, 0.2) is 0 Å². The summed E-state index contributed by atoms with van der Waals surface area (Å²) in [6.07, 6.45) is 7.33. The predicted molar refractivity (Wildman–Crippen MR) is 51.6 cm³/mol. The molecule has 2 nitrogen and oxygen atoms in total. The number of H-pyrrole nitrogens is 1. The molecule has 2 heteroatoms. The summed E-state index contributed by atoms with van der Waals surface area (Å²) in [4.78, 5) is 0. The average molecular weight is 160 g/mol. The van der Waals surface area contributed by atoms with Gasteiger partial charge in [-0.05, 0) is 12.5 Å². The second-order valence-corrected chi connectivity index (χ2v) is 2.60. The van der Waals surface area contributed by atoms with Gasteiger partial charge in [-0.3, -0.25) is 5.10 Å². The van der Waals surface area contributed by atoms with Crippen molar-refractivity contribution in [2.45, 2.75) is 6.92 Å². The maximum atomic E-state index is 3.90. The molecule has 1 heterocycles. The van der Waals surface area contributed by atoms with Crippen molar-refractivity contribution in [2.24, 2.45) is 0 Å². The van der Waals surface area contributed by atoms with E-state index in [0.717, 1.165) is 16.7 Å². The van der Waals surface area contributed by atoms with Crippen molar-refractivity contribution >= 4 is 5.57 Å². The van der Waals surface area contributed by atoms with Crippen LogP contribution in [0.4, 0.5) is 0 Å². The molecule has 0 spiro atoms. The molecule has 1 N–H and O–H groups in total. The molecule has 0 aliphatic rings. The van der Waals surface area contributed by atoms with Crippen LogP contribution in [0.3, 0.4) is 0 Å². The highest BCUT2D eigenvalue weighted by atomic mass is 15.1. The predicted octanol–water partition coefficient (Wildman–Crippen LogP) is 2.56. The van der Waals surface area contributed by atoms with E-state index in [4.69, 9.17) is 0 Å². The first-order chi connectivity index (χ1) is 5.74. The molecule has 0 atom stereocenters. The Bertz CT molecular complexity index is 305. The summed E-state index contributed by atoms with van der Waals surface area (Å²) in [6, 6.07) is 0. The van der Waals surface area contributed by atoms with Crippen molar-refractivity contribution in [3.63, 3.8) is 0 Å². The molecule has 1 aromatic rings. The molecule has 0 amide bonds. The Morgan fingerprint density at radius 1 is 1.67 bits per heavy atom. The first-order valence-corrected chi connectivity index (χ1v) is 3.73. The van der Waals surface area contributed by atoms with Gasteiger partial charge in [0.2, 0.25) is 0 Å². The van der Waals surface area contributed by atoms with Crippen LogP contribution in [-0.2, 0) is 0 Å². The van der Waals surface area contributed by atoms with Crippen molar-refractivity contribution in [2.75, 3.05) is 0 Å². The van der Waals surface area contributed by atoms with E-state index in [9.17, 15) is 0 Å². The normalized spacial score (nSPS) is 11.2. The van der Waals surface area contributed by atoms with Crippen LogP contribution in [0.2, 0.25) is 0 Å². The van der Waals surface area contributed by atoms with Crippen LogP contribution in [0.5, 0.6) is 0 Å². The lowest BCUT2D eigenvalue weighted by Crippen LogP contribution is -1.75. The number of nitrogens with one attached hydrogen (secondary N) is 1. The highest BCUT2D eigenvalue weighted by molar-refractivity contribution is 5.72. The van der Waals surface area contributed by atoms with E-state index in [2.05, 4.69) is 23.4 Å². The molecule has 1 aromatic heterocycles. The first kappa shape index (κ1) is 8.53. The summed E-state index contributed by atoms with van der Waals surface area (Å²) >= 11 is 0. The summed E-state index contributed by atoms with van der Waals surface area (Å²) in [6.45, 7) is 9.55. The maximum absolute atomic E-state index is 3.90. The molecule has 0 unspecified atom stereocenters. The van der Waals surface area contributed by atoms with Gasteiger partial charge in [-0.2, -0.15) is 5.10 Å². The quantitative estimate of drug-likeness (QED) is 0.676. The first-order valence-electron chi connectivity index (χ1n) is 3.73. The fourth-order valence-electron chi connectivity index (χ4n) is 0.844. The molecule has 0 bridgehead atoms. The summed E-state index contributed by atoms with van der Waals surface area (Å²) < 4.78 is 0. The molecule has 0 saturated carbocycles. The Morgan fingerprint density at radius 3 is 2.92 bits per heavy atom. The Labute approximate surface area is 72.3 Å². The summed E-state index contributed by atoms with van der Waals surface area (Å²) in [5.41, 5.74) is 3.05. The molecule has 0 fully saturated rings. The van der Waals surface area contributed by atoms with E-state index in [1.54, 1.807) is 12.3 Å². The van der Waals surface area contributed by atoms with Crippen molar-refractivity contribution < 1.29 is 0 Å². The number of nitrogens with zero attached hydrogens (tertiary/aromatic N) is 1. The molecular weight excluding hydrogens is 148 g/mol. The summed E-state index contributed by atoms with van der Waals surface area (Å²) in [7, 11) is 0. The zero-order valence-electron chi connectivity index (χ0n) is 7.17. The lowest BCUT2D eigenvalue weighted by Gasteiger charge is -1.94. The van der Waals surface area contributed by atoms with E-state index in [1.807, 2.05) is 19.2 Å². The van der Waals surface area contributed by atoms with Gasteiger partial charge in [0.1, 0.15) is 0 Å². The van der Waals surface area contributed by atoms with Gasteiger partial charge in [-0.1, -0.05) is 30.9 Å². The van der Waals surface area contributed by atoms with Gasteiger partial charge in [-0.25, -0.2) is 0 Å². The van der Waals surface area contributed by atoms with Gasteiger partial charge < -0.3 is 0 Å².